The van der Waals surface area contributed by atoms with Crippen LogP contribution in [0.5, 0.6) is 0 Å². The number of fused-ring (bicyclic) bond motifs is 1. The lowest BCUT2D eigenvalue weighted by Gasteiger charge is -2.14. The van der Waals surface area contributed by atoms with Crippen molar-refractivity contribution in [3.63, 3.8) is 0 Å². The molecular formula is C21H22N2O3. The molecule has 1 heterocycles. The molecule has 0 saturated heterocycles. The SMILES string of the molecule is CCCC(CC)C(=O)Nc1ccc(-c2nc3ccccc3c(=O)o2)cc1. The van der Waals surface area contributed by atoms with Gasteiger partial charge in [0.05, 0.1) is 10.9 Å². The van der Waals surface area contributed by atoms with E-state index < -0.39 is 5.63 Å². The lowest BCUT2D eigenvalue weighted by Crippen LogP contribution is -2.22. The summed E-state index contributed by atoms with van der Waals surface area (Å²) in [6.07, 6.45) is 2.69. The average Bonchev–Trinajstić information content (AvgIpc) is 2.66. The van der Waals surface area contributed by atoms with E-state index in [0.717, 1.165) is 24.9 Å². The third kappa shape index (κ3) is 3.82. The first-order valence-electron chi connectivity index (χ1n) is 8.93. The van der Waals surface area contributed by atoms with E-state index >= 15 is 0 Å². The number of carbonyl (C=O) groups excluding carboxylic acids is 1. The van der Waals surface area contributed by atoms with Crippen molar-refractivity contribution in [2.24, 2.45) is 5.92 Å². The van der Waals surface area contributed by atoms with Gasteiger partial charge in [0.1, 0.15) is 0 Å². The smallest absolute Gasteiger partial charge is 0.347 e. The minimum absolute atomic E-state index is 0.0276. The summed E-state index contributed by atoms with van der Waals surface area (Å²) in [5.74, 6) is 0.335. The van der Waals surface area contributed by atoms with Crippen LogP contribution in [0, 0.1) is 5.92 Å². The highest BCUT2D eigenvalue weighted by Crippen LogP contribution is 2.21. The second kappa shape index (κ2) is 7.95. The van der Waals surface area contributed by atoms with Gasteiger partial charge in [0.25, 0.3) is 0 Å². The molecule has 0 bridgehead atoms. The van der Waals surface area contributed by atoms with E-state index in [-0.39, 0.29) is 17.7 Å². The van der Waals surface area contributed by atoms with Crippen molar-refractivity contribution in [2.75, 3.05) is 5.32 Å². The number of para-hydroxylation sites is 1. The first-order chi connectivity index (χ1) is 12.6. The summed E-state index contributed by atoms with van der Waals surface area (Å²) >= 11 is 0. The predicted molar refractivity (Wildman–Crippen MR) is 103 cm³/mol. The van der Waals surface area contributed by atoms with Crippen LogP contribution in [0.25, 0.3) is 22.4 Å². The maximum absolute atomic E-state index is 12.3. The number of aromatic nitrogens is 1. The molecule has 0 aliphatic rings. The third-order valence-corrected chi connectivity index (χ3v) is 4.44. The molecule has 0 aliphatic heterocycles. The first-order valence-corrected chi connectivity index (χ1v) is 8.93. The largest absolute Gasteiger partial charge is 0.403 e. The molecule has 0 saturated carbocycles. The number of nitrogens with zero attached hydrogens (tertiary/aromatic N) is 1. The number of benzene rings is 2. The monoisotopic (exact) mass is 350 g/mol. The van der Waals surface area contributed by atoms with Gasteiger partial charge in [-0.1, -0.05) is 32.4 Å². The fraction of sp³-hybridized carbons (Fsp3) is 0.286. The molecule has 0 fully saturated rings. The van der Waals surface area contributed by atoms with Crippen molar-refractivity contribution < 1.29 is 9.21 Å². The molecule has 1 unspecified atom stereocenters. The predicted octanol–water partition coefficient (Wildman–Crippen LogP) is 4.62. The maximum atomic E-state index is 12.3. The van der Waals surface area contributed by atoms with Crippen LogP contribution >= 0.6 is 0 Å². The summed E-state index contributed by atoms with van der Waals surface area (Å²) in [7, 11) is 0. The van der Waals surface area contributed by atoms with E-state index in [4.69, 9.17) is 4.42 Å². The topological polar surface area (TPSA) is 72.2 Å². The summed E-state index contributed by atoms with van der Waals surface area (Å²) in [5, 5.41) is 3.41. The van der Waals surface area contributed by atoms with Gasteiger partial charge in [-0.15, -0.1) is 0 Å². The molecule has 5 nitrogen and oxygen atoms in total. The Hall–Kier alpha value is -2.95. The second-order valence-corrected chi connectivity index (χ2v) is 6.28. The van der Waals surface area contributed by atoms with Gasteiger partial charge in [-0.25, -0.2) is 9.78 Å². The van der Waals surface area contributed by atoms with Crippen LogP contribution < -0.4 is 10.9 Å². The minimum atomic E-state index is -0.409. The Labute approximate surface area is 152 Å². The van der Waals surface area contributed by atoms with E-state index in [1.54, 1.807) is 42.5 Å². The summed E-state index contributed by atoms with van der Waals surface area (Å²) < 4.78 is 5.33. The number of rotatable bonds is 6. The molecule has 3 aromatic rings. The van der Waals surface area contributed by atoms with Gasteiger partial charge in [-0.2, -0.15) is 0 Å². The highest BCUT2D eigenvalue weighted by atomic mass is 16.4. The maximum Gasteiger partial charge on any atom is 0.347 e. The molecule has 1 atom stereocenters. The molecule has 0 radical (unpaired) electrons. The Morgan fingerprint density at radius 3 is 2.54 bits per heavy atom. The van der Waals surface area contributed by atoms with Gasteiger partial charge in [-0.3, -0.25) is 4.79 Å². The Balaban J connectivity index is 1.82. The van der Waals surface area contributed by atoms with E-state index in [0.29, 0.717) is 16.5 Å². The molecule has 0 aliphatic carbocycles. The molecule has 1 aromatic heterocycles. The van der Waals surface area contributed by atoms with Crippen molar-refractivity contribution in [3.05, 3.63) is 59.0 Å². The molecule has 26 heavy (non-hydrogen) atoms. The summed E-state index contributed by atoms with van der Waals surface area (Å²) in [6.45, 7) is 4.10. The number of amides is 1. The van der Waals surface area contributed by atoms with Crippen LogP contribution in [0.2, 0.25) is 0 Å². The molecule has 5 heteroatoms. The standard InChI is InChI=1S/C21H22N2O3/c1-3-7-14(4-2)19(24)22-16-12-10-15(11-13-16)20-23-18-9-6-5-8-17(18)21(25)26-20/h5-6,8-14H,3-4,7H2,1-2H3,(H,22,24). The fourth-order valence-corrected chi connectivity index (χ4v) is 2.95. The zero-order chi connectivity index (χ0) is 18.5. The number of hydrogen-bond acceptors (Lipinski definition) is 4. The minimum Gasteiger partial charge on any atom is -0.403 e. The van der Waals surface area contributed by atoms with Crippen LogP contribution in [0.1, 0.15) is 33.1 Å². The Morgan fingerprint density at radius 1 is 1.12 bits per heavy atom. The van der Waals surface area contributed by atoms with Crippen molar-refractivity contribution in [2.45, 2.75) is 33.1 Å². The highest BCUT2D eigenvalue weighted by Gasteiger charge is 2.15. The lowest BCUT2D eigenvalue weighted by atomic mass is 10.00. The third-order valence-electron chi connectivity index (χ3n) is 4.44. The Kier molecular flexibility index (Phi) is 5.46. The van der Waals surface area contributed by atoms with Gasteiger partial charge in [0, 0.05) is 17.2 Å². The van der Waals surface area contributed by atoms with Crippen molar-refractivity contribution in [3.8, 4) is 11.5 Å². The van der Waals surface area contributed by atoms with Crippen LogP contribution in [0.4, 0.5) is 5.69 Å². The first kappa shape index (κ1) is 17.9. The molecule has 2 aromatic carbocycles. The van der Waals surface area contributed by atoms with Gasteiger partial charge in [0.2, 0.25) is 11.8 Å². The lowest BCUT2D eigenvalue weighted by molar-refractivity contribution is -0.120. The second-order valence-electron chi connectivity index (χ2n) is 6.28. The zero-order valence-electron chi connectivity index (χ0n) is 15.0. The number of anilines is 1. The normalized spacial score (nSPS) is 12.1. The van der Waals surface area contributed by atoms with Gasteiger partial charge in [0.15, 0.2) is 0 Å². The van der Waals surface area contributed by atoms with Crippen molar-refractivity contribution in [1.29, 1.82) is 0 Å². The molecule has 134 valence electrons. The van der Waals surface area contributed by atoms with Crippen LogP contribution in [0.15, 0.2) is 57.7 Å². The van der Waals surface area contributed by atoms with Crippen molar-refractivity contribution >= 4 is 22.5 Å². The number of hydrogen-bond donors (Lipinski definition) is 1. The molecular weight excluding hydrogens is 328 g/mol. The van der Waals surface area contributed by atoms with E-state index in [9.17, 15) is 9.59 Å². The average molecular weight is 350 g/mol. The molecule has 1 N–H and O–H groups in total. The van der Waals surface area contributed by atoms with Gasteiger partial charge >= 0.3 is 5.63 Å². The Morgan fingerprint density at radius 2 is 1.85 bits per heavy atom. The van der Waals surface area contributed by atoms with Gasteiger partial charge < -0.3 is 9.73 Å². The van der Waals surface area contributed by atoms with Crippen LogP contribution in [0.3, 0.4) is 0 Å². The summed E-state index contributed by atoms with van der Waals surface area (Å²) in [4.78, 5) is 28.8. The van der Waals surface area contributed by atoms with E-state index in [2.05, 4.69) is 17.2 Å². The summed E-state index contributed by atoms with van der Waals surface area (Å²) in [6, 6.07) is 14.2. The van der Waals surface area contributed by atoms with E-state index in [1.807, 2.05) is 13.0 Å². The van der Waals surface area contributed by atoms with Gasteiger partial charge in [-0.05, 0) is 49.2 Å². The molecule has 1 amide bonds. The molecule has 0 spiro atoms. The van der Waals surface area contributed by atoms with Crippen molar-refractivity contribution in [1.82, 2.24) is 4.98 Å². The number of nitrogens with one attached hydrogen (secondary N) is 1. The van der Waals surface area contributed by atoms with Crippen LogP contribution in [-0.2, 0) is 4.79 Å². The zero-order valence-corrected chi connectivity index (χ0v) is 15.0. The molecule has 3 rings (SSSR count). The van der Waals surface area contributed by atoms with Crippen LogP contribution in [-0.4, -0.2) is 10.9 Å². The van der Waals surface area contributed by atoms with E-state index in [1.165, 1.54) is 0 Å². The number of carbonyl (C=O) groups is 1. The fourth-order valence-electron chi connectivity index (χ4n) is 2.95. The summed E-state index contributed by atoms with van der Waals surface area (Å²) in [5.41, 5.74) is 1.60. The quantitative estimate of drug-likeness (QED) is 0.704. The highest BCUT2D eigenvalue weighted by molar-refractivity contribution is 5.92. The Bertz CT molecular complexity index is 961.